The Morgan fingerprint density at radius 1 is 1.17 bits per heavy atom. The fraction of sp³-hybridized carbons (Fsp3) is 0.476. The molecule has 4 heterocycles. The number of likely N-dealkylation sites (tertiary alicyclic amines) is 1. The van der Waals surface area contributed by atoms with E-state index < -0.39 is 29.5 Å². The Labute approximate surface area is 171 Å². The van der Waals surface area contributed by atoms with E-state index in [2.05, 4.69) is 5.16 Å². The van der Waals surface area contributed by atoms with Gasteiger partial charge in [0.25, 0.3) is 11.8 Å². The number of piperidine rings is 1. The van der Waals surface area contributed by atoms with Crippen LogP contribution < -0.4 is 0 Å². The zero-order valence-electron chi connectivity index (χ0n) is 16.4. The molecule has 2 amide bonds. The molecule has 0 aliphatic carbocycles. The van der Waals surface area contributed by atoms with Crippen LogP contribution in [0, 0.1) is 18.6 Å². The van der Waals surface area contributed by atoms with Gasteiger partial charge < -0.3 is 19.1 Å². The largest absolute Gasteiger partial charge is 0.361 e. The van der Waals surface area contributed by atoms with E-state index in [4.69, 9.17) is 9.26 Å². The van der Waals surface area contributed by atoms with E-state index in [9.17, 15) is 18.4 Å². The van der Waals surface area contributed by atoms with E-state index in [1.54, 1.807) is 16.7 Å². The highest BCUT2D eigenvalue weighted by atomic mass is 19.1. The molecule has 3 aliphatic rings. The van der Waals surface area contributed by atoms with Gasteiger partial charge in [0.05, 0.1) is 12.2 Å². The first-order valence-electron chi connectivity index (χ1n) is 10.1. The van der Waals surface area contributed by atoms with Gasteiger partial charge in [-0.3, -0.25) is 9.59 Å². The van der Waals surface area contributed by atoms with Crippen LogP contribution in [0.3, 0.4) is 0 Å². The van der Waals surface area contributed by atoms with Gasteiger partial charge in [0.1, 0.15) is 29.2 Å². The second-order valence-corrected chi connectivity index (χ2v) is 8.16. The lowest BCUT2D eigenvalue weighted by molar-refractivity contribution is -0.142. The first kappa shape index (κ1) is 19.2. The first-order valence-corrected chi connectivity index (χ1v) is 10.1. The van der Waals surface area contributed by atoms with Crippen molar-refractivity contribution in [2.45, 2.75) is 50.5 Å². The monoisotopic (exact) mass is 417 g/mol. The molecule has 3 saturated heterocycles. The van der Waals surface area contributed by atoms with E-state index in [1.807, 2.05) is 0 Å². The molecule has 1 aromatic heterocycles. The Kier molecular flexibility index (Phi) is 4.39. The van der Waals surface area contributed by atoms with Crippen LogP contribution in [0.2, 0.25) is 0 Å². The van der Waals surface area contributed by atoms with Crippen molar-refractivity contribution in [1.29, 1.82) is 0 Å². The molecular weight excluding hydrogens is 396 g/mol. The molecule has 2 aromatic rings. The number of carbonyl (C=O) groups is 2. The topological polar surface area (TPSA) is 75.9 Å². The summed E-state index contributed by atoms with van der Waals surface area (Å²) in [5.74, 6) is -1.20. The molecule has 158 valence electrons. The smallest absolute Gasteiger partial charge is 0.259 e. The number of benzene rings is 1. The van der Waals surface area contributed by atoms with Gasteiger partial charge >= 0.3 is 0 Å². The van der Waals surface area contributed by atoms with Crippen molar-refractivity contribution in [3.05, 3.63) is 52.9 Å². The quantitative estimate of drug-likeness (QED) is 0.751. The molecule has 3 fully saturated rings. The molecule has 0 N–H and O–H groups in total. The maximum atomic E-state index is 13.7. The van der Waals surface area contributed by atoms with Gasteiger partial charge in [-0.15, -0.1) is 0 Å². The predicted octanol–water partition coefficient (Wildman–Crippen LogP) is 2.96. The van der Waals surface area contributed by atoms with E-state index in [1.165, 1.54) is 18.3 Å². The van der Waals surface area contributed by atoms with Gasteiger partial charge in [0, 0.05) is 32.0 Å². The lowest BCUT2D eigenvalue weighted by Crippen LogP contribution is -2.51. The maximum absolute atomic E-state index is 13.7. The van der Waals surface area contributed by atoms with E-state index >= 15 is 0 Å². The number of fused-ring (bicyclic) bond motifs is 1. The van der Waals surface area contributed by atoms with Crippen molar-refractivity contribution in [2.24, 2.45) is 0 Å². The average molecular weight is 417 g/mol. The minimum absolute atomic E-state index is 0.159. The van der Waals surface area contributed by atoms with Crippen molar-refractivity contribution < 1.29 is 27.6 Å². The van der Waals surface area contributed by atoms with Gasteiger partial charge in [-0.25, -0.2) is 8.78 Å². The Balaban J connectivity index is 1.33. The molecule has 0 saturated carbocycles. The number of hydrogen-bond acceptors (Lipinski definition) is 5. The molecule has 9 heteroatoms. The second-order valence-electron chi connectivity index (χ2n) is 8.16. The number of carbonyl (C=O) groups excluding carboxylic acids is 2. The molecule has 1 aromatic carbocycles. The summed E-state index contributed by atoms with van der Waals surface area (Å²) in [7, 11) is 0. The number of aryl methyl sites for hydroxylation is 1. The normalized spacial score (nSPS) is 25.2. The summed E-state index contributed by atoms with van der Waals surface area (Å²) in [5.41, 5.74) is -0.131. The van der Waals surface area contributed by atoms with Crippen molar-refractivity contribution in [3.8, 4) is 0 Å². The van der Waals surface area contributed by atoms with Crippen molar-refractivity contribution in [3.63, 3.8) is 0 Å². The van der Waals surface area contributed by atoms with Crippen molar-refractivity contribution in [2.75, 3.05) is 13.1 Å². The van der Waals surface area contributed by atoms with E-state index in [0.717, 1.165) is 6.07 Å². The Morgan fingerprint density at radius 2 is 1.87 bits per heavy atom. The summed E-state index contributed by atoms with van der Waals surface area (Å²) in [6.07, 6.45) is 2.94. The number of halogens is 2. The third-order valence-corrected chi connectivity index (χ3v) is 6.43. The summed E-state index contributed by atoms with van der Waals surface area (Å²) in [6.45, 7) is 2.42. The zero-order chi connectivity index (χ0) is 21.0. The highest BCUT2D eigenvalue weighted by Crippen LogP contribution is 2.47. The average Bonchev–Trinajstić information content (AvgIpc) is 3.38. The Morgan fingerprint density at radius 3 is 2.50 bits per heavy atom. The standard InChI is InChI=1S/C21H21F2N3O4/c1-12-16(11-24-30-12)19(27)25-6-4-21(5-7-25)20(28)26-17(2-3-18(26)29-21)13-8-14(22)10-15(23)9-13/h8-11,17-18H,2-7H2,1H3. The number of hydrogen-bond donors (Lipinski definition) is 0. The number of ether oxygens (including phenoxy) is 1. The molecule has 2 unspecified atom stereocenters. The van der Waals surface area contributed by atoms with Crippen LogP contribution in [-0.4, -0.2) is 51.7 Å². The minimum Gasteiger partial charge on any atom is -0.361 e. The molecule has 7 nitrogen and oxygen atoms in total. The highest BCUT2D eigenvalue weighted by Gasteiger charge is 2.58. The first-order chi connectivity index (χ1) is 14.4. The molecular formula is C21H21F2N3O4. The summed E-state index contributed by atoms with van der Waals surface area (Å²) < 4.78 is 38.6. The zero-order valence-corrected chi connectivity index (χ0v) is 16.4. The summed E-state index contributed by atoms with van der Waals surface area (Å²) in [5, 5.41) is 3.65. The van der Waals surface area contributed by atoms with Gasteiger partial charge in [0.2, 0.25) is 0 Å². The van der Waals surface area contributed by atoms with Gasteiger partial charge in [0.15, 0.2) is 5.60 Å². The maximum Gasteiger partial charge on any atom is 0.259 e. The molecule has 0 bridgehead atoms. The lowest BCUT2D eigenvalue weighted by atomic mass is 9.89. The van der Waals surface area contributed by atoms with Gasteiger partial charge in [-0.1, -0.05) is 5.16 Å². The summed E-state index contributed by atoms with van der Waals surface area (Å²) >= 11 is 0. The van der Waals surface area contributed by atoms with Crippen LogP contribution in [-0.2, 0) is 9.53 Å². The van der Waals surface area contributed by atoms with E-state index in [0.29, 0.717) is 55.7 Å². The molecule has 5 rings (SSSR count). The number of amides is 2. The second kappa shape index (κ2) is 6.87. The SMILES string of the molecule is Cc1oncc1C(=O)N1CCC2(CC1)OC1CCC(c3cc(F)cc(F)c3)N1C2=O. The molecule has 3 aliphatic heterocycles. The van der Waals surface area contributed by atoms with Gasteiger partial charge in [-0.05, 0) is 37.5 Å². The number of aromatic nitrogens is 1. The molecule has 30 heavy (non-hydrogen) atoms. The Bertz CT molecular complexity index is 995. The van der Waals surface area contributed by atoms with Crippen LogP contribution in [0.4, 0.5) is 8.78 Å². The fourth-order valence-electron chi connectivity index (χ4n) is 4.89. The number of nitrogens with zero attached hydrogens (tertiary/aromatic N) is 3. The Hall–Kier alpha value is -2.81. The third kappa shape index (κ3) is 2.91. The van der Waals surface area contributed by atoms with Crippen molar-refractivity contribution in [1.82, 2.24) is 15.0 Å². The van der Waals surface area contributed by atoms with Crippen LogP contribution in [0.25, 0.3) is 0 Å². The van der Waals surface area contributed by atoms with E-state index in [-0.39, 0.29) is 11.8 Å². The summed E-state index contributed by atoms with van der Waals surface area (Å²) in [4.78, 5) is 29.3. The predicted molar refractivity (Wildman–Crippen MR) is 99.2 cm³/mol. The molecule has 2 atom stereocenters. The van der Waals surface area contributed by atoms with Crippen LogP contribution in [0.5, 0.6) is 0 Å². The van der Waals surface area contributed by atoms with Crippen LogP contribution in [0.15, 0.2) is 28.9 Å². The van der Waals surface area contributed by atoms with Crippen molar-refractivity contribution >= 4 is 11.8 Å². The minimum atomic E-state index is -0.990. The van der Waals surface area contributed by atoms with Crippen LogP contribution in [0.1, 0.15) is 53.4 Å². The van der Waals surface area contributed by atoms with Gasteiger partial charge in [-0.2, -0.15) is 0 Å². The highest BCUT2D eigenvalue weighted by molar-refractivity contribution is 5.95. The molecule has 1 spiro atoms. The fourth-order valence-corrected chi connectivity index (χ4v) is 4.89. The lowest BCUT2D eigenvalue weighted by Gasteiger charge is -2.37. The summed E-state index contributed by atoms with van der Waals surface area (Å²) in [6, 6.07) is 2.96. The van der Waals surface area contributed by atoms with Crippen LogP contribution >= 0.6 is 0 Å². The third-order valence-electron chi connectivity index (χ3n) is 6.43. The number of rotatable bonds is 2. The molecule has 0 radical (unpaired) electrons.